The lowest BCUT2D eigenvalue weighted by Crippen LogP contribution is -2.17. The minimum atomic E-state index is -0.633. The Kier molecular flexibility index (Phi) is 11.0. The highest BCUT2D eigenvalue weighted by Gasteiger charge is 2.18. The van der Waals surface area contributed by atoms with Crippen LogP contribution in [0.2, 0.25) is 0 Å². The standard InChI is InChI=1S/C15H20N2O4.C6H8N2O/c1-4-7-13(18)11(15(19)21-5-2)10-17-12-8-6-9-16-14(12)20-3;1-9-6-5(7)3-2-4-8-6/h6,8-10,17H,4-5,7H2,1-3H3;2-4H,7H2,1H3/b11-10-;. The summed E-state index contributed by atoms with van der Waals surface area (Å²) in [6.45, 7) is 3.78. The number of methoxy groups -OCH3 is 2. The molecule has 0 aliphatic rings. The molecule has 0 radical (unpaired) electrons. The van der Waals surface area contributed by atoms with Gasteiger partial charge >= 0.3 is 5.97 Å². The van der Waals surface area contributed by atoms with E-state index in [-0.39, 0.29) is 24.4 Å². The van der Waals surface area contributed by atoms with E-state index < -0.39 is 5.97 Å². The molecule has 30 heavy (non-hydrogen) atoms. The number of carbonyl (C=O) groups is 2. The van der Waals surface area contributed by atoms with Gasteiger partial charge in [-0.15, -0.1) is 0 Å². The van der Waals surface area contributed by atoms with Crippen molar-refractivity contribution in [1.82, 2.24) is 9.97 Å². The smallest absolute Gasteiger partial charge is 0.343 e. The molecule has 9 heteroatoms. The normalized spacial score (nSPS) is 10.3. The SMILES string of the molecule is CCCC(=O)/C(=C/Nc1cccnc1OC)C(=O)OCC.COc1ncccc1N. The molecule has 0 aliphatic heterocycles. The minimum absolute atomic E-state index is 0.00962. The molecule has 162 valence electrons. The molecule has 9 nitrogen and oxygen atoms in total. The molecular weight excluding hydrogens is 388 g/mol. The second kappa shape index (κ2) is 13.5. The van der Waals surface area contributed by atoms with Crippen molar-refractivity contribution in [3.8, 4) is 11.8 Å². The van der Waals surface area contributed by atoms with E-state index in [4.69, 9.17) is 19.9 Å². The number of carbonyl (C=O) groups excluding carboxylic acids is 2. The van der Waals surface area contributed by atoms with E-state index in [1.54, 1.807) is 50.7 Å². The number of nitrogen functional groups attached to an aromatic ring is 1. The first-order valence-electron chi connectivity index (χ1n) is 9.38. The maximum absolute atomic E-state index is 12.0. The molecule has 0 atom stereocenters. The maximum atomic E-state index is 12.0. The topological polar surface area (TPSA) is 126 Å². The number of nitrogens with zero attached hydrogens (tertiary/aromatic N) is 2. The summed E-state index contributed by atoms with van der Waals surface area (Å²) in [5.74, 6) is -0.0324. The van der Waals surface area contributed by atoms with Crippen molar-refractivity contribution in [3.63, 3.8) is 0 Å². The third-order valence-corrected chi connectivity index (χ3v) is 3.60. The van der Waals surface area contributed by atoms with E-state index in [0.717, 1.165) is 0 Å². The van der Waals surface area contributed by atoms with Gasteiger partial charge in [0.15, 0.2) is 5.78 Å². The lowest BCUT2D eigenvalue weighted by Gasteiger charge is -2.09. The van der Waals surface area contributed by atoms with Crippen LogP contribution in [0, 0.1) is 0 Å². The zero-order chi connectivity index (χ0) is 22.4. The molecule has 2 aromatic rings. The Balaban J connectivity index is 0.000000414. The predicted octanol–water partition coefficient (Wildman–Crippen LogP) is 2.99. The van der Waals surface area contributed by atoms with Crippen molar-refractivity contribution in [1.29, 1.82) is 0 Å². The van der Waals surface area contributed by atoms with Crippen LogP contribution in [0.5, 0.6) is 11.8 Å². The van der Waals surface area contributed by atoms with Crippen LogP contribution in [0.4, 0.5) is 11.4 Å². The first-order chi connectivity index (χ1) is 14.5. The van der Waals surface area contributed by atoms with Gasteiger partial charge in [0.25, 0.3) is 0 Å². The zero-order valence-corrected chi connectivity index (χ0v) is 17.7. The number of hydrogen-bond acceptors (Lipinski definition) is 9. The number of Topliss-reactive ketones (excluding diaryl/α,β-unsaturated/α-hetero) is 1. The van der Waals surface area contributed by atoms with Crippen LogP contribution in [-0.4, -0.2) is 42.5 Å². The maximum Gasteiger partial charge on any atom is 0.343 e. The van der Waals surface area contributed by atoms with Crippen molar-refractivity contribution in [2.75, 3.05) is 31.9 Å². The van der Waals surface area contributed by atoms with Gasteiger partial charge in [-0.2, -0.15) is 0 Å². The fourth-order valence-corrected chi connectivity index (χ4v) is 2.21. The molecule has 3 N–H and O–H groups in total. The lowest BCUT2D eigenvalue weighted by molar-refractivity contribution is -0.140. The van der Waals surface area contributed by atoms with Crippen molar-refractivity contribution < 1.29 is 23.8 Å². The van der Waals surface area contributed by atoms with Gasteiger partial charge in [-0.05, 0) is 37.6 Å². The van der Waals surface area contributed by atoms with Crippen molar-refractivity contribution >= 4 is 23.1 Å². The fraction of sp³-hybridized carbons (Fsp3) is 0.333. The minimum Gasteiger partial charge on any atom is -0.480 e. The van der Waals surface area contributed by atoms with Gasteiger partial charge in [-0.3, -0.25) is 4.79 Å². The Morgan fingerprint density at radius 1 is 1.07 bits per heavy atom. The molecule has 0 saturated carbocycles. The van der Waals surface area contributed by atoms with E-state index in [1.807, 2.05) is 6.92 Å². The zero-order valence-electron chi connectivity index (χ0n) is 17.7. The van der Waals surface area contributed by atoms with Gasteiger partial charge in [0.2, 0.25) is 11.8 Å². The van der Waals surface area contributed by atoms with Crippen LogP contribution in [0.1, 0.15) is 26.7 Å². The fourth-order valence-electron chi connectivity index (χ4n) is 2.21. The van der Waals surface area contributed by atoms with Gasteiger partial charge in [-0.1, -0.05) is 6.92 Å². The van der Waals surface area contributed by atoms with E-state index >= 15 is 0 Å². The van der Waals surface area contributed by atoms with Gasteiger partial charge in [0, 0.05) is 25.0 Å². The summed E-state index contributed by atoms with van der Waals surface area (Å²) >= 11 is 0. The Hall–Kier alpha value is -3.62. The molecule has 0 aliphatic carbocycles. The number of rotatable bonds is 9. The molecule has 2 heterocycles. The number of aromatic nitrogens is 2. The van der Waals surface area contributed by atoms with Crippen LogP contribution >= 0.6 is 0 Å². The largest absolute Gasteiger partial charge is 0.480 e. The molecule has 2 rings (SSSR count). The third-order valence-electron chi connectivity index (χ3n) is 3.60. The molecule has 0 unspecified atom stereocenters. The Morgan fingerprint density at radius 3 is 2.23 bits per heavy atom. The summed E-state index contributed by atoms with van der Waals surface area (Å²) in [4.78, 5) is 31.7. The first-order valence-corrected chi connectivity index (χ1v) is 9.38. The number of ether oxygens (including phenoxy) is 3. The highest BCUT2D eigenvalue weighted by atomic mass is 16.5. The second-order valence-electron chi connectivity index (χ2n) is 5.76. The molecule has 0 aromatic carbocycles. The molecule has 0 bridgehead atoms. The second-order valence-corrected chi connectivity index (χ2v) is 5.76. The van der Waals surface area contributed by atoms with Gasteiger partial charge in [0.1, 0.15) is 11.3 Å². The van der Waals surface area contributed by atoms with E-state index in [0.29, 0.717) is 29.6 Å². The first kappa shape index (κ1) is 24.4. The number of ketones is 1. The van der Waals surface area contributed by atoms with E-state index in [9.17, 15) is 9.59 Å². The number of nitrogens with one attached hydrogen (secondary N) is 1. The molecule has 0 saturated heterocycles. The van der Waals surface area contributed by atoms with Gasteiger partial charge in [-0.25, -0.2) is 14.8 Å². The molecule has 0 amide bonds. The summed E-state index contributed by atoms with van der Waals surface area (Å²) in [6.07, 6.45) is 5.51. The Bertz CT molecular complexity index is 835. The number of anilines is 2. The third kappa shape index (κ3) is 7.78. The molecule has 0 fully saturated rings. The van der Waals surface area contributed by atoms with Crippen molar-refractivity contribution in [3.05, 3.63) is 48.4 Å². The lowest BCUT2D eigenvalue weighted by atomic mass is 10.1. The molecular formula is C21H28N4O5. The number of pyridine rings is 2. The quantitative estimate of drug-likeness (QED) is 0.274. The number of nitrogens with two attached hydrogens (primary N) is 1. The van der Waals surface area contributed by atoms with Gasteiger partial charge in [0.05, 0.1) is 26.5 Å². The van der Waals surface area contributed by atoms with E-state index in [1.165, 1.54) is 13.3 Å². The average Bonchev–Trinajstić information content (AvgIpc) is 2.75. The summed E-state index contributed by atoms with van der Waals surface area (Å²) in [7, 11) is 3.03. The number of hydrogen-bond donors (Lipinski definition) is 2. The Labute approximate surface area is 176 Å². The molecule has 0 spiro atoms. The van der Waals surface area contributed by atoms with Crippen LogP contribution < -0.4 is 20.5 Å². The Morgan fingerprint density at radius 2 is 1.70 bits per heavy atom. The molecule has 2 aromatic heterocycles. The average molecular weight is 416 g/mol. The van der Waals surface area contributed by atoms with Crippen LogP contribution in [0.3, 0.4) is 0 Å². The summed E-state index contributed by atoms with van der Waals surface area (Å²) in [6, 6.07) is 6.95. The summed E-state index contributed by atoms with van der Waals surface area (Å²) < 4.78 is 14.8. The van der Waals surface area contributed by atoms with E-state index in [2.05, 4.69) is 15.3 Å². The van der Waals surface area contributed by atoms with Gasteiger partial charge < -0.3 is 25.3 Å². The summed E-state index contributed by atoms with van der Waals surface area (Å²) in [5, 5.41) is 2.87. The van der Waals surface area contributed by atoms with Crippen LogP contribution in [-0.2, 0) is 14.3 Å². The number of esters is 1. The highest BCUT2D eigenvalue weighted by Crippen LogP contribution is 2.20. The van der Waals surface area contributed by atoms with Crippen LogP contribution in [0.25, 0.3) is 0 Å². The van der Waals surface area contributed by atoms with Crippen molar-refractivity contribution in [2.24, 2.45) is 0 Å². The summed E-state index contributed by atoms with van der Waals surface area (Å²) in [5.41, 5.74) is 6.56. The van der Waals surface area contributed by atoms with Crippen molar-refractivity contribution in [2.45, 2.75) is 26.7 Å². The predicted molar refractivity (Wildman–Crippen MR) is 114 cm³/mol. The highest BCUT2D eigenvalue weighted by molar-refractivity contribution is 6.17. The van der Waals surface area contributed by atoms with Crippen LogP contribution in [0.15, 0.2) is 48.4 Å². The monoisotopic (exact) mass is 416 g/mol.